The van der Waals surface area contributed by atoms with E-state index in [1.807, 2.05) is 12.1 Å². The van der Waals surface area contributed by atoms with Crippen molar-refractivity contribution in [3.05, 3.63) is 47.1 Å². The standard InChI is InChI=1S/C16H23N3O/c1-11(2)8-14(17)10-16-18-15(19-20-16)9-13-7-5-4-6-12(13)3/h4-7,11,14H,8-10,17H2,1-3H3. The Hall–Kier alpha value is -1.68. The predicted octanol–water partition coefficient (Wildman–Crippen LogP) is 2.88. The third-order valence-electron chi connectivity index (χ3n) is 3.33. The van der Waals surface area contributed by atoms with Gasteiger partial charge in [-0.2, -0.15) is 4.98 Å². The molecule has 0 saturated carbocycles. The van der Waals surface area contributed by atoms with Crippen LogP contribution >= 0.6 is 0 Å². The smallest absolute Gasteiger partial charge is 0.228 e. The van der Waals surface area contributed by atoms with E-state index >= 15 is 0 Å². The zero-order valence-electron chi connectivity index (χ0n) is 12.5. The van der Waals surface area contributed by atoms with Crippen molar-refractivity contribution < 1.29 is 4.52 Å². The fourth-order valence-electron chi connectivity index (χ4n) is 2.34. The summed E-state index contributed by atoms with van der Waals surface area (Å²) in [6.07, 6.45) is 2.32. The minimum absolute atomic E-state index is 0.0850. The van der Waals surface area contributed by atoms with Gasteiger partial charge < -0.3 is 10.3 Å². The lowest BCUT2D eigenvalue weighted by Gasteiger charge is -2.10. The molecule has 0 aliphatic heterocycles. The van der Waals surface area contributed by atoms with E-state index in [1.54, 1.807) is 0 Å². The molecule has 1 aromatic heterocycles. The second-order valence-corrected chi connectivity index (χ2v) is 5.80. The summed E-state index contributed by atoms with van der Waals surface area (Å²) in [6, 6.07) is 8.33. The molecule has 2 aromatic rings. The van der Waals surface area contributed by atoms with Crippen LogP contribution in [0.1, 0.15) is 43.1 Å². The highest BCUT2D eigenvalue weighted by molar-refractivity contribution is 5.27. The molecule has 20 heavy (non-hydrogen) atoms. The molecule has 2 rings (SSSR count). The summed E-state index contributed by atoms with van der Waals surface area (Å²) in [5.74, 6) is 1.95. The van der Waals surface area contributed by atoms with Crippen LogP contribution in [0.3, 0.4) is 0 Å². The third-order valence-corrected chi connectivity index (χ3v) is 3.33. The number of hydrogen-bond donors (Lipinski definition) is 1. The van der Waals surface area contributed by atoms with Gasteiger partial charge in [0, 0.05) is 18.9 Å². The Morgan fingerprint density at radius 2 is 2.00 bits per heavy atom. The number of benzene rings is 1. The molecule has 0 saturated heterocycles. The van der Waals surface area contributed by atoms with Gasteiger partial charge in [-0.1, -0.05) is 43.3 Å². The maximum absolute atomic E-state index is 6.06. The second kappa shape index (κ2) is 6.66. The predicted molar refractivity (Wildman–Crippen MR) is 79.4 cm³/mol. The Morgan fingerprint density at radius 1 is 1.25 bits per heavy atom. The molecule has 0 spiro atoms. The Morgan fingerprint density at radius 3 is 2.70 bits per heavy atom. The van der Waals surface area contributed by atoms with E-state index < -0.39 is 0 Å². The molecular weight excluding hydrogens is 250 g/mol. The average Bonchev–Trinajstić information content (AvgIpc) is 2.78. The van der Waals surface area contributed by atoms with E-state index in [9.17, 15) is 0 Å². The fourth-order valence-corrected chi connectivity index (χ4v) is 2.34. The van der Waals surface area contributed by atoms with Crippen molar-refractivity contribution in [3.8, 4) is 0 Å². The van der Waals surface area contributed by atoms with E-state index in [0.717, 1.165) is 12.2 Å². The molecule has 1 unspecified atom stereocenters. The largest absolute Gasteiger partial charge is 0.339 e. The SMILES string of the molecule is Cc1ccccc1Cc1noc(CC(N)CC(C)C)n1. The highest BCUT2D eigenvalue weighted by Gasteiger charge is 2.13. The Labute approximate surface area is 120 Å². The molecule has 108 valence electrons. The zero-order chi connectivity index (χ0) is 14.5. The maximum Gasteiger partial charge on any atom is 0.228 e. The molecule has 0 fully saturated rings. The van der Waals surface area contributed by atoms with Crippen molar-refractivity contribution in [1.29, 1.82) is 0 Å². The van der Waals surface area contributed by atoms with E-state index in [4.69, 9.17) is 10.3 Å². The van der Waals surface area contributed by atoms with Gasteiger partial charge in [-0.05, 0) is 30.4 Å². The van der Waals surface area contributed by atoms with Gasteiger partial charge in [0.2, 0.25) is 5.89 Å². The molecule has 0 radical (unpaired) electrons. The molecule has 0 aliphatic rings. The van der Waals surface area contributed by atoms with Crippen LogP contribution in [0, 0.1) is 12.8 Å². The van der Waals surface area contributed by atoms with Crippen LogP contribution in [0.5, 0.6) is 0 Å². The van der Waals surface area contributed by atoms with Crippen LogP contribution < -0.4 is 5.73 Å². The molecule has 1 heterocycles. The lowest BCUT2D eigenvalue weighted by Crippen LogP contribution is -2.24. The van der Waals surface area contributed by atoms with Crippen molar-refractivity contribution in [2.45, 2.75) is 46.1 Å². The van der Waals surface area contributed by atoms with Crippen molar-refractivity contribution >= 4 is 0 Å². The number of nitrogens with zero attached hydrogens (tertiary/aromatic N) is 2. The van der Waals surface area contributed by atoms with Gasteiger partial charge in [-0.25, -0.2) is 0 Å². The van der Waals surface area contributed by atoms with Crippen LogP contribution in [-0.4, -0.2) is 16.2 Å². The first-order chi connectivity index (χ1) is 9.54. The van der Waals surface area contributed by atoms with Crippen LogP contribution in [0.15, 0.2) is 28.8 Å². The van der Waals surface area contributed by atoms with Crippen molar-refractivity contribution in [1.82, 2.24) is 10.1 Å². The van der Waals surface area contributed by atoms with Gasteiger partial charge in [0.15, 0.2) is 5.82 Å². The second-order valence-electron chi connectivity index (χ2n) is 5.80. The van der Waals surface area contributed by atoms with Gasteiger partial charge in [0.1, 0.15) is 0 Å². The number of nitrogens with two attached hydrogens (primary N) is 1. The van der Waals surface area contributed by atoms with Crippen LogP contribution in [0.2, 0.25) is 0 Å². The first-order valence-corrected chi connectivity index (χ1v) is 7.16. The van der Waals surface area contributed by atoms with E-state index in [-0.39, 0.29) is 6.04 Å². The molecule has 0 bridgehead atoms. The van der Waals surface area contributed by atoms with Crippen LogP contribution in [0.25, 0.3) is 0 Å². The summed E-state index contributed by atoms with van der Waals surface area (Å²) in [5.41, 5.74) is 8.54. The minimum atomic E-state index is 0.0850. The number of rotatable bonds is 6. The van der Waals surface area contributed by atoms with E-state index in [0.29, 0.717) is 24.7 Å². The topological polar surface area (TPSA) is 64.9 Å². The van der Waals surface area contributed by atoms with E-state index in [1.165, 1.54) is 11.1 Å². The molecule has 1 aromatic carbocycles. The fraction of sp³-hybridized carbons (Fsp3) is 0.500. The summed E-state index contributed by atoms with van der Waals surface area (Å²) in [5, 5.41) is 4.04. The van der Waals surface area contributed by atoms with E-state index in [2.05, 4.69) is 43.0 Å². The quantitative estimate of drug-likeness (QED) is 0.879. The highest BCUT2D eigenvalue weighted by atomic mass is 16.5. The summed E-state index contributed by atoms with van der Waals surface area (Å²) in [4.78, 5) is 4.44. The van der Waals surface area contributed by atoms with Crippen molar-refractivity contribution in [2.75, 3.05) is 0 Å². The average molecular weight is 273 g/mol. The van der Waals surface area contributed by atoms with Crippen LogP contribution in [-0.2, 0) is 12.8 Å². The van der Waals surface area contributed by atoms with Gasteiger partial charge in [0.05, 0.1) is 0 Å². The maximum atomic E-state index is 6.06. The summed E-state index contributed by atoms with van der Waals surface area (Å²) < 4.78 is 5.29. The molecule has 4 nitrogen and oxygen atoms in total. The minimum Gasteiger partial charge on any atom is -0.339 e. The molecule has 0 amide bonds. The lowest BCUT2D eigenvalue weighted by molar-refractivity contribution is 0.355. The monoisotopic (exact) mass is 273 g/mol. The first-order valence-electron chi connectivity index (χ1n) is 7.16. The molecule has 0 aliphatic carbocycles. The Bertz CT molecular complexity index is 548. The van der Waals surface area contributed by atoms with Gasteiger partial charge >= 0.3 is 0 Å². The van der Waals surface area contributed by atoms with Crippen LogP contribution in [0.4, 0.5) is 0 Å². The van der Waals surface area contributed by atoms with Gasteiger partial charge in [0.25, 0.3) is 0 Å². The van der Waals surface area contributed by atoms with Crippen molar-refractivity contribution in [2.24, 2.45) is 11.7 Å². The number of hydrogen-bond acceptors (Lipinski definition) is 4. The molecular formula is C16H23N3O. The Balaban J connectivity index is 1.97. The lowest BCUT2D eigenvalue weighted by atomic mass is 10.0. The normalized spacial score (nSPS) is 12.8. The molecule has 2 N–H and O–H groups in total. The van der Waals surface area contributed by atoms with Gasteiger partial charge in [-0.15, -0.1) is 0 Å². The molecule has 1 atom stereocenters. The zero-order valence-corrected chi connectivity index (χ0v) is 12.5. The number of aromatic nitrogens is 2. The summed E-state index contributed by atoms with van der Waals surface area (Å²) in [6.45, 7) is 6.42. The Kier molecular flexibility index (Phi) is 4.90. The number of aryl methyl sites for hydroxylation is 1. The van der Waals surface area contributed by atoms with Gasteiger partial charge in [-0.3, -0.25) is 0 Å². The van der Waals surface area contributed by atoms with Crippen molar-refractivity contribution in [3.63, 3.8) is 0 Å². The highest BCUT2D eigenvalue weighted by Crippen LogP contribution is 2.13. The summed E-state index contributed by atoms with van der Waals surface area (Å²) in [7, 11) is 0. The summed E-state index contributed by atoms with van der Waals surface area (Å²) >= 11 is 0. The third kappa shape index (κ3) is 4.17. The molecule has 4 heteroatoms. The first kappa shape index (κ1) is 14.7.